The summed E-state index contributed by atoms with van der Waals surface area (Å²) >= 11 is 0. The maximum absolute atomic E-state index is 13.0. The fourth-order valence-electron chi connectivity index (χ4n) is 14.9. The molecule has 16 heteroatoms. The molecule has 4 aliphatic heterocycles. The lowest BCUT2D eigenvalue weighted by atomic mass is 9.42. The van der Waals surface area contributed by atoms with E-state index in [4.69, 9.17) is 47.4 Å². The second kappa shape index (κ2) is 19.5. The standard InChI is InChI=1S/C51H77NO15/c1-27-25-52(35-10-9-11-35)19-16-44(59-27)66-47-28(2)61-46(24-41(47)63-31(5)54)67-48-29(3)60-45(23-40(48)62-30(4)53)65-36-14-17-49(7)34(21-36)12-13-38-39(49)22-42(64-32(6)55)50(8)37(15-18-51(38,50)57)33-20-43(56)58-26-33/h20,27-29,34-42,44-48,57H,9-19,21-26H2,1-8H3/t27?,28-,29-,34?,36-,37+,38?,39?,40-,41-,42-,44?,45-,46-,47+,48+,49-,50-,51-/m0/s1. The predicted octanol–water partition coefficient (Wildman–Crippen LogP) is 6.06. The Balaban J connectivity index is 0.831. The van der Waals surface area contributed by atoms with E-state index in [1.165, 1.54) is 40.0 Å². The molecule has 1 N–H and O–H groups in total. The molecule has 4 heterocycles. The molecule has 9 aliphatic rings. The zero-order chi connectivity index (χ0) is 47.6. The lowest BCUT2D eigenvalue weighted by molar-refractivity contribution is -0.330. The van der Waals surface area contributed by atoms with Gasteiger partial charge in [-0.2, -0.15) is 0 Å². The highest BCUT2D eigenvalue weighted by Crippen LogP contribution is 2.70. The quantitative estimate of drug-likeness (QED) is 0.143. The van der Waals surface area contributed by atoms with Gasteiger partial charge in [-0.25, -0.2) is 4.79 Å². The Bertz CT molecular complexity index is 1880. The Kier molecular flexibility index (Phi) is 14.3. The van der Waals surface area contributed by atoms with E-state index >= 15 is 0 Å². The number of rotatable bonds is 11. The number of ether oxygens (including phenoxy) is 10. The molecular formula is C51H77NO15. The van der Waals surface area contributed by atoms with Gasteiger partial charge in [-0.3, -0.25) is 19.3 Å². The molecule has 0 aromatic rings. The molecule has 5 aliphatic carbocycles. The van der Waals surface area contributed by atoms with Crippen LogP contribution in [0.25, 0.3) is 0 Å². The van der Waals surface area contributed by atoms with Crippen molar-refractivity contribution in [3.8, 4) is 0 Å². The fraction of sp³-hybridized carbons (Fsp3) is 0.882. The van der Waals surface area contributed by atoms with Gasteiger partial charge < -0.3 is 52.5 Å². The predicted molar refractivity (Wildman–Crippen MR) is 238 cm³/mol. The number of carbonyl (C=O) groups excluding carboxylic acids is 4. The van der Waals surface area contributed by atoms with Crippen LogP contribution < -0.4 is 0 Å². The van der Waals surface area contributed by atoms with Crippen LogP contribution in [0.15, 0.2) is 11.6 Å². The number of esters is 4. The third-order valence-corrected chi connectivity index (χ3v) is 18.3. The smallest absolute Gasteiger partial charge is 0.331 e. The second-order valence-electron chi connectivity index (χ2n) is 22.2. The van der Waals surface area contributed by atoms with E-state index in [-0.39, 0.29) is 66.8 Å². The number of fused-ring (bicyclic) bond motifs is 5. The van der Waals surface area contributed by atoms with E-state index in [9.17, 15) is 24.3 Å². The number of nitrogens with zero attached hydrogens (tertiary/aromatic N) is 1. The van der Waals surface area contributed by atoms with Crippen LogP contribution in [-0.4, -0.2) is 139 Å². The van der Waals surface area contributed by atoms with Crippen molar-refractivity contribution in [1.29, 1.82) is 0 Å². The SMILES string of the molecule is CC(=O)O[C@H]1C[C@H](O[C@@H]2[C@H](C)O[C@@H](O[C@H]3CC[C@@]4(C)C(CCC5C4C[C@H](OC(C)=O)[C@]4(C)[C@@H](C6=CC(=O)OC6)CC[C@]54O)C3)C[C@@H]2OC(C)=O)O[C@@H](C)[C@H]1OC1CCN(C2CCC2)CC(C)O1. The van der Waals surface area contributed by atoms with Crippen molar-refractivity contribution in [3.05, 3.63) is 11.6 Å². The third-order valence-electron chi connectivity index (χ3n) is 18.3. The molecule has 67 heavy (non-hydrogen) atoms. The van der Waals surface area contributed by atoms with E-state index in [1.54, 1.807) is 6.08 Å². The Labute approximate surface area is 396 Å². The van der Waals surface area contributed by atoms with E-state index in [1.807, 2.05) is 13.8 Å². The lowest BCUT2D eigenvalue weighted by Gasteiger charge is -2.65. The molecule has 5 saturated carbocycles. The van der Waals surface area contributed by atoms with E-state index in [2.05, 4.69) is 25.7 Å². The minimum Gasteiger partial charge on any atom is -0.462 e. The fourth-order valence-corrected chi connectivity index (χ4v) is 14.9. The third kappa shape index (κ3) is 9.61. The minimum atomic E-state index is -1.07. The van der Waals surface area contributed by atoms with Crippen molar-refractivity contribution in [1.82, 2.24) is 4.90 Å². The molecule has 9 rings (SSSR count). The van der Waals surface area contributed by atoms with Crippen LogP contribution in [0.4, 0.5) is 0 Å². The van der Waals surface area contributed by atoms with Gasteiger partial charge in [-0.05, 0) is 120 Å². The van der Waals surface area contributed by atoms with Gasteiger partial charge in [-0.15, -0.1) is 0 Å². The zero-order valence-corrected chi connectivity index (χ0v) is 41.0. The van der Waals surface area contributed by atoms with Crippen LogP contribution in [0.3, 0.4) is 0 Å². The van der Waals surface area contributed by atoms with Crippen LogP contribution in [-0.2, 0) is 66.5 Å². The van der Waals surface area contributed by atoms with Gasteiger partial charge >= 0.3 is 23.9 Å². The van der Waals surface area contributed by atoms with Crippen LogP contribution in [0, 0.1) is 34.5 Å². The second-order valence-corrected chi connectivity index (χ2v) is 22.2. The molecule has 0 aromatic carbocycles. The molecule has 0 aromatic heterocycles. The first-order valence-electron chi connectivity index (χ1n) is 25.6. The average molecular weight is 944 g/mol. The summed E-state index contributed by atoms with van der Waals surface area (Å²) in [6.07, 6.45) is 6.44. The Morgan fingerprint density at radius 2 is 1.36 bits per heavy atom. The Morgan fingerprint density at radius 1 is 0.716 bits per heavy atom. The van der Waals surface area contributed by atoms with Crippen molar-refractivity contribution in [2.24, 2.45) is 34.5 Å². The average Bonchev–Trinajstić information content (AvgIpc) is 3.71. The van der Waals surface area contributed by atoms with Gasteiger partial charge in [0, 0.05) is 70.7 Å². The summed E-state index contributed by atoms with van der Waals surface area (Å²) in [6.45, 7) is 16.4. The van der Waals surface area contributed by atoms with Gasteiger partial charge in [0.05, 0.1) is 30.0 Å². The van der Waals surface area contributed by atoms with Gasteiger partial charge in [0.1, 0.15) is 37.1 Å². The van der Waals surface area contributed by atoms with Crippen molar-refractivity contribution < 1.29 is 71.7 Å². The first-order valence-corrected chi connectivity index (χ1v) is 25.6. The molecular weight excluding hydrogens is 867 g/mol. The van der Waals surface area contributed by atoms with Gasteiger partial charge in [0.15, 0.2) is 18.9 Å². The molecule has 0 amide bonds. The zero-order valence-electron chi connectivity index (χ0n) is 41.0. The summed E-state index contributed by atoms with van der Waals surface area (Å²) < 4.78 is 62.7. The number of hydrogen-bond acceptors (Lipinski definition) is 16. The van der Waals surface area contributed by atoms with Gasteiger partial charge in [0.2, 0.25) is 0 Å². The summed E-state index contributed by atoms with van der Waals surface area (Å²) in [5.74, 6) is -1.25. The highest BCUT2D eigenvalue weighted by molar-refractivity contribution is 5.85. The summed E-state index contributed by atoms with van der Waals surface area (Å²) in [5.41, 5.74) is -1.05. The molecule has 0 radical (unpaired) electrons. The molecule has 5 unspecified atom stereocenters. The summed E-state index contributed by atoms with van der Waals surface area (Å²) in [7, 11) is 0. The highest BCUT2D eigenvalue weighted by atomic mass is 16.7. The number of aliphatic hydroxyl groups is 1. The van der Waals surface area contributed by atoms with Crippen molar-refractivity contribution in [2.45, 2.75) is 231 Å². The Morgan fingerprint density at radius 3 is 1.96 bits per heavy atom. The molecule has 3 saturated heterocycles. The summed E-state index contributed by atoms with van der Waals surface area (Å²) in [5, 5.41) is 13.0. The molecule has 0 bridgehead atoms. The Hall–Kier alpha value is -2.70. The van der Waals surface area contributed by atoms with Crippen molar-refractivity contribution in [3.63, 3.8) is 0 Å². The highest BCUT2D eigenvalue weighted by Gasteiger charge is 2.72. The number of hydrogen-bond donors (Lipinski definition) is 1. The van der Waals surface area contributed by atoms with E-state index < -0.39 is 84.6 Å². The molecule has 16 nitrogen and oxygen atoms in total. The first-order chi connectivity index (χ1) is 31.8. The van der Waals surface area contributed by atoms with Crippen molar-refractivity contribution in [2.75, 3.05) is 19.7 Å². The van der Waals surface area contributed by atoms with Crippen LogP contribution in [0.5, 0.6) is 0 Å². The van der Waals surface area contributed by atoms with Crippen LogP contribution >= 0.6 is 0 Å². The topological polar surface area (TPSA) is 184 Å². The molecule has 376 valence electrons. The van der Waals surface area contributed by atoms with E-state index in [0.29, 0.717) is 37.6 Å². The van der Waals surface area contributed by atoms with Crippen molar-refractivity contribution >= 4 is 23.9 Å². The van der Waals surface area contributed by atoms with Gasteiger partial charge in [0.25, 0.3) is 0 Å². The normalized spacial score (nSPS) is 46.9. The van der Waals surface area contributed by atoms with Crippen LogP contribution in [0.2, 0.25) is 0 Å². The number of cyclic esters (lactones) is 1. The monoisotopic (exact) mass is 944 g/mol. The minimum absolute atomic E-state index is 0.00731. The largest absolute Gasteiger partial charge is 0.462 e. The summed E-state index contributed by atoms with van der Waals surface area (Å²) in [4.78, 5) is 52.4. The molecule has 8 fully saturated rings. The maximum atomic E-state index is 13.0. The number of carbonyl (C=O) groups is 4. The molecule has 0 spiro atoms. The van der Waals surface area contributed by atoms with Gasteiger partial charge in [-0.1, -0.05) is 20.3 Å². The first kappa shape index (κ1) is 49.3. The van der Waals surface area contributed by atoms with E-state index in [0.717, 1.165) is 50.8 Å². The lowest BCUT2D eigenvalue weighted by Crippen LogP contribution is -2.67. The maximum Gasteiger partial charge on any atom is 0.331 e. The van der Waals surface area contributed by atoms with Crippen LogP contribution in [0.1, 0.15) is 145 Å². The summed E-state index contributed by atoms with van der Waals surface area (Å²) in [6, 6.07) is 0.607. The molecule has 19 atom stereocenters.